The number of primary amides is 1. The molecule has 6 heteroatoms. The van der Waals surface area contributed by atoms with Gasteiger partial charge in [-0.25, -0.2) is 0 Å². The molecule has 1 aliphatic heterocycles. The number of hydrogen-bond donors (Lipinski definition) is 3. The highest BCUT2D eigenvalue weighted by Crippen LogP contribution is 2.52. The van der Waals surface area contributed by atoms with E-state index in [-0.39, 0.29) is 40.9 Å². The van der Waals surface area contributed by atoms with Crippen molar-refractivity contribution in [3.63, 3.8) is 0 Å². The van der Waals surface area contributed by atoms with Crippen molar-refractivity contribution in [2.75, 3.05) is 26.2 Å². The number of piperazine rings is 1. The van der Waals surface area contributed by atoms with E-state index in [4.69, 9.17) is 5.73 Å². The van der Waals surface area contributed by atoms with Crippen LogP contribution in [0.15, 0.2) is 42.5 Å². The molecule has 4 N–H and O–H groups in total. The van der Waals surface area contributed by atoms with Gasteiger partial charge < -0.3 is 16.2 Å². The number of hydrogen-bond acceptors (Lipinski definition) is 5. The van der Waals surface area contributed by atoms with Gasteiger partial charge in [-0.05, 0) is 29.7 Å². The first-order chi connectivity index (χ1) is 15.6. The zero-order valence-electron chi connectivity index (χ0n) is 20.0. The Bertz CT molecular complexity index is 1070. The van der Waals surface area contributed by atoms with Crippen molar-refractivity contribution in [3.8, 4) is 0 Å². The van der Waals surface area contributed by atoms with Gasteiger partial charge in [0.15, 0.2) is 5.78 Å². The van der Waals surface area contributed by atoms with Crippen LogP contribution < -0.4 is 11.1 Å². The number of fused-ring (bicyclic) bond motifs is 1. The van der Waals surface area contributed by atoms with Crippen LogP contribution in [0.5, 0.6) is 0 Å². The van der Waals surface area contributed by atoms with Crippen molar-refractivity contribution in [3.05, 3.63) is 70.3 Å². The van der Waals surface area contributed by atoms with E-state index in [1.165, 1.54) is 11.1 Å². The summed E-state index contributed by atoms with van der Waals surface area (Å²) in [4.78, 5) is 27.9. The number of carbonyl (C=O) groups excluding carboxylic acids is 2. The van der Waals surface area contributed by atoms with Gasteiger partial charge in [0.1, 0.15) is 0 Å². The molecule has 0 aromatic heterocycles. The fourth-order valence-corrected chi connectivity index (χ4v) is 6.39. The number of amides is 1. The average molecular weight is 450 g/mol. The average Bonchev–Trinajstić information content (AvgIpc) is 2.95. The molecule has 0 radical (unpaired) electrons. The number of ketones is 1. The van der Waals surface area contributed by atoms with Crippen molar-refractivity contribution in [1.82, 2.24) is 10.2 Å². The largest absolute Gasteiger partial charge is 0.396 e. The SMILES string of the molecule is CC1(C)c2ccc(C(=O)c3ccccc3C(N)=O)cc2C(C)(C)C1N1CCNCC1CCO. The molecule has 2 aromatic rings. The molecule has 1 aliphatic carbocycles. The normalized spacial score (nSPS) is 23.8. The summed E-state index contributed by atoms with van der Waals surface area (Å²) in [6.07, 6.45) is 0.736. The molecule has 4 rings (SSSR count). The van der Waals surface area contributed by atoms with Gasteiger partial charge in [0.25, 0.3) is 0 Å². The fraction of sp³-hybridized carbons (Fsp3) is 0.481. The third-order valence-corrected chi connectivity index (χ3v) is 7.66. The molecular formula is C27H35N3O3. The maximum atomic E-state index is 13.4. The van der Waals surface area contributed by atoms with Crippen LogP contribution in [0.3, 0.4) is 0 Å². The van der Waals surface area contributed by atoms with Gasteiger partial charge in [-0.1, -0.05) is 58.0 Å². The van der Waals surface area contributed by atoms with Crippen molar-refractivity contribution >= 4 is 11.7 Å². The number of nitrogens with two attached hydrogens (primary N) is 1. The number of nitrogens with one attached hydrogen (secondary N) is 1. The summed E-state index contributed by atoms with van der Waals surface area (Å²) in [6.45, 7) is 12.0. The third kappa shape index (κ3) is 3.90. The van der Waals surface area contributed by atoms with Crippen LogP contribution in [-0.4, -0.2) is 60.0 Å². The van der Waals surface area contributed by atoms with E-state index in [0.29, 0.717) is 11.1 Å². The highest BCUT2D eigenvalue weighted by molar-refractivity contribution is 6.15. The van der Waals surface area contributed by atoms with E-state index in [1.807, 2.05) is 12.1 Å². The Hall–Kier alpha value is -2.54. The summed E-state index contributed by atoms with van der Waals surface area (Å²) in [5, 5.41) is 13.1. The second-order valence-corrected chi connectivity index (χ2v) is 10.5. The number of nitrogens with zero attached hydrogens (tertiary/aromatic N) is 1. The van der Waals surface area contributed by atoms with Crippen LogP contribution in [0.1, 0.15) is 71.5 Å². The monoisotopic (exact) mass is 449 g/mol. The Morgan fingerprint density at radius 3 is 2.39 bits per heavy atom. The number of aliphatic hydroxyl groups is 1. The molecule has 2 aliphatic rings. The Morgan fingerprint density at radius 2 is 1.73 bits per heavy atom. The molecule has 176 valence electrons. The lowest BCUT2D eigenvalue weighted by Gasteiger charge is -2.50. The summed E-state index contributed by atoms with van der Waals surface area (Å²) < 4.78 is 0. The smallest absolute Gasteiger partial charge is 0.249 e. The molecule has 0 bridgehead atoms. The van der Waals surface area contributed by atoms with Crippen LogP contribution in [-0.2, 0) is 10.8 Å². The minimum Gasteiger partial charge on any atom is -0.396 e. The van der Waals surface area contributed by atoms with Crippen LogP contribution in [0.2, 0.25) is 0 Å². The molecule has 0 spiro atoms. The zero-order valence-corrected chi connectivity index (χ0v) is 20.0. The van der Waals surface area contributed by atoms with Crippen molar-refractivity contribution in [1.29, 1.82) is 0 Å². The summed E-state index contributed by atoms with van der Waals surface area (Å²) in [5.41, 5.74) is 8.75. The Balaban J connectivity index is 1.76. The van der Waals surface area contributed by atoms with Crippen molar-refractivity contribution in [2.24, 2.45) is 5.73 Å². The second-order valence-electron chi connectivity index (χ2n) is 10.5. The maximum absolute atomic E-state index is 13.4. The number of benzene rings is 2. The molecule has 2 atom stereocenters. The summed E-state index contributed by atoms with van der Waals surface area (Å²) in [5.74, 6) is -0.792. The Morgan fingerprint density at radius 1 is 1.06 bits per heavy atom. The number of aliphatic hydroxyl groups excluding tert-OH is 1. The number of carbonyl (C=O) groups is 2. The topological polar surface area (TPSA) is 95.7 Å². The predicted molar refractivity (Wildman–Crippen MR) is 130 cm³/mol. The van der Waals surface area contributed by atoms with Crippen LogP contribution in [0, 0.1) is 0 Å². The summed E-state index contributed by atoms with van der Waals surface area (Å²) in [6, 6.07) is 13.2. The van der Waals surface area contributed by atoms with Crippen molar-refractivity contribution < 1.29 is 14.7 Å². The number of rotatable bonds is 6. The van der Waals surface area contributed by atoms with Gasteiger partial charge in [-0.2, -0.15) is 0 Å². The van der Waals surface area contributed by atoms with E-state index in [9.17, 15) is 14.7 Å². The standard InChI is InChI=1S/C27H35N3O3/c1-26(2)21-10-9-17(23(32)19-7-5-6-8-20(19)24(28)33)15-22(21)27(3,4)25(26)30-13-12-29-16-18(30)11-14-31/h5-10,15,18,25,29,31H,11-14,16H2,1-4H3,(H2,28,33). The first-order valence-corrected chi connectivity index (χ1v) is 11.8. The molecule has 1 amide bonds. The predicted octanol–water partition coefficient (Wildman–Crippen LogP) is 2.61. The quantitative estimate of drug-likeness (QED) is 0.589. The second kappa shape index (κ2) is 8.67. The van der Waals surface area contributed by atoms with Gasteiger partial charge >= 0.3 is 0 Å². The molecule has 2 aromatic carbocycles. The van der Waals surface area contributed by atoms with Crippen molar-refractivity contribution in [2.45, 2.75) is 57.0 Å². The Kier molecular flexibility index (Phi) is 6.20. The fourth-order valence-electron chi connectivity index (χ4n) is 6.39. The molecule has 33 heavy (non-hydrogen) atoms. The van der Waals surface area contributed by atoms with E-state index >= 15 is 0 Å². The lowest BCUT2D eigenvalue weighted by atomic mass is 9.73. The van der Waals surface area contributed by atoms with Gasteiger partial charge in [0.2, 0.25) is 5.91 Å². The van der Waals surface area contributed by atoms with E-state index in [0.717, 1.165) is 26.1 Å². The molecule has 6 nitrogen and oxygen atoms in total. The molecule has 1 heterocycles. The van der Waals surface area contributed by atoms with E-state index < -0.39 is 5.91 Å². The molecule has 1 fully saturated rings. The van der Waals surface area contributed by atoms with E-state index in [2.05, 4.69) is 44.0 Å². The summed E-state index contributed by atoms with van der Waals surface area (Å²) in [7, 11) is 0. The first-order valence-electron chi connectivity index (χ1n) is 11.8. The van der Waals surface area contributed by atoms with Gasteiger partial charge in [0.05, 0.1) is 5.56 Å². The van der Waals surface area contributed by atoms with Gasteiger partial charge in [-0.15, -0.1) is 0 Å². The molecule has 1 saturated heterocycles. The van der Waals surface area contributed by atoms with Gasteiger partial charge in [-0.3, -0.25) is 14.5 Å². The molecule has 0 saturated carbocycles. The minimum atomic E-state index is -0.602. The summed E-state index contributed by atoms with van der Waals surface area (Å²) >= 11 is 0. The highest BCUT2D eigenvalue weighted by Gasteiger charge is 2.54. The van der Waals surface area contributed by atoms with E-state index in [1.54, 1.807) is 24.3 Å². The third-order valence-electron chi connectivity index (χ3n) is 7.66. The molecular weight excluding hydrogens is 414 g/mol. The van der Waals surface area contributed by atoms with Crippen LogP contribution in [0.25, 0.3) is 0 Å². The Labute approximate surface area is 196 Å². The first kappa shape index (κ1) is 23.6. The lowest BCUT2D eigenvalue weighted by Crippen LogP contribution is -2.62. The minimum absolute atomic E-state index is 0.128. The maximum Gasteiger partial charge on any atom is 0.249 e. The van der Waals surface area contributed by atoms with Crippen LogP contribution >= 0.6 is 0 Å². The zero-order chi connectivity index (χ0) is 24.0. The highest BCUT2D eigenvalue weighted by atomic mass is 16.3. The molecule has 2 unspecified atom stereocenters. The lowest BCUT2D eigenvalue weighted by molar-refractivity contribution is 0.0263. The van der Waals surface area contributed by atoms with Crippen LogP contribution in [0.4, 0.5) is 0 Å². The van der Waals surface area contributed by atoms with Gasteiger partial charge in [0, 0.05) is 60.3 Å².